The van der Waals surface area contributed by atoms with Gasteiger partial charge in [-0.05, 0) is 56.6 Å². The van der Waals surface area contributed by atoms with Gasteiger partial charge in [0.2, 0.25) is 5.91 Å². The number of likely N-dealkylation sites (tertiary alicyclic amines) is 1. The quantitative estimate of drug-likeness (QED) is 0.650. The Balaban J connectivity index is 1.96. The highest BCUT2D eigenvalue weighted by atomic mass is 16.5. The predicted molar refractivity (Wildman–Crippen MR) is 100 cm³/mol. The maximum Gasteiger partial charge on any atom is 0.321 e. The Bertz CT molecular complexity index is 856. The van der Waals surface area contributed by atoms with Gasteiger partial charge in [-0.15, -0.1) is 0 Å². The number of likely N-dealkylation sites (N-methyl/N-ethyl adjacent to an activating group) is 1. The summed E-state index contributed by atoms with van der Waals surface area (Å²) in [6, 6.07) is 3.94. The monoisotopic (exact) mass is 387 g/mol. The topological polar surface area (TPSA) is 108 Å². The zero-order valence-electron chi connectivity index (χ0n) is 16.1. The number of carbonyl (C=O) groups is 3. The van der Waals surface area contributed by atoms with Crippen LogP contribution in [0.4, 0.5) is 4.79 Å². The third-order valence-electron chi connectivity index (χ3n) is 6.60. The summed E-state index contributed by atoms with van der Waals surface area (Å²) in [5.74, 6) is -0.0420. The number of imide groups is 1. The number of ketones is 1. The molecule has 0 radical (unpaired) electrons. The summed E-state index contributed by atoms with van der Waals surface area (Å²) < 4.78 is 5.36. The number of carbonyl (C=O) groups excluding carboxylic acids is 3. The summed E-state index contributed by atoms with van der Waals surface area (Å²) in [5.41, 5.74) is -1.24. The van der Waals surface area contributed by atoms with Crippen LogP contribution in [0, 0.1) is 0 Å². The molecule has 1 aliphatic carbocycles. The number of amides is 3. The molecular formula is C20H25N3O5. The molecule has 2 heterocycles. The first kappa shape index (κ1) is 18.9. The predicted octanol–water partition coefficient (Wildman–Crippen LogP) is 0.574. The Morgan fingerprint density at radius 1 is 1.25 bits per heavy atom. The number of ether oxygens (including phenoxy) is 1. The van der Waals surface area contributed by atoms with Crippen LogP contribution in [0.25, 0.3) is 0 Å². The Morgan fingerprint density at radius 3 is 2.79 bits per heavy atom. The smallest absolute Gasteiger partial charge is 0.321 e. The molecule has 0 saturated carbocycles. The normalized spacial score (nSPS) is 33.2. The van der Waals surface area contributed by atoms with Crippen molar-refractivity contribution >= 4 is 17.7 Å². The number of methoxy groups -OCH3 is 1. The molecule has 8 heteroatoms. The van der Waals surface area contributed by atoms with Crippen LogP contribution in [0.1, 0.15) is 41.6 Å². The van der Waals surface area contributed by atoms with Crippen molar-refractivity contribution in [1.29, 1.82) is 0 Å². The van der Waals surface area contributed by atoms with Crippen LogP contribution in [-0.4, -0.2) is 66.6 Å². The van der Waals surface area contributed by atoms with E-state index >= 15 is 0 Å². The molecule has 0 spiro atoms. The van der Waals surface area contributed by atoms with E-state index in [1.54, 1.807) is 18.2 Å². The first-order valence-corrected chi connectivity index (χ1v) is 9.55. The molecule has 150 valence electrons. The van der Waals surface area contributed by atoms with Gasteiger partial charge in [-0.2, -0.15) is 0 Å². The lowest BCUT2D eigenvalue weighted by molar-refractivity contribution is -0.145. The van der Waals surface area contributed by atoms with E-state index in [4.69, 9.17) is 4.74 Å². The van der Waals surface area contributed by atoms with Crippen LogP contribution >= 0.6 is 0 Å². The van der Waals surface area contributed by atoms with E-state index in [0.29, 0.717) is 49.2 Å². The molecule has 8 nitrogen and oxygen atoms in total. The number of urea groups is 1. The maximum absolute atomic E-state index is 13.4. The molecule has 2 saturated heterocycles. The van der Waals surface area contributed by atoms with Gasteiger partial charge >= 0.3 is 6.03 Å². The number of benzene rings is 1. The fraction of sp³-hybridized carbons (Fsp3) is 0.550. The number of nitrogens with one attached hydrogen (secondary N) is 2. The molecule has 3 amide bonds. The number of piperidine rings is 1. The summed E-state index contributed by atoms with van der Waals surface area (Å²) >= 11 is 0. The van der Waals surface area contributed by atoms with Crippen LogP contribution in [-0.2, 0) is 10.2 Å². The molecule has 28 heavy (non-hydrogen) atoms. The Morgan fingerprint density at radius 2 is 2.04 bits per heavy atom. The number of aliphatic hydroxyl groups is 1. The second-order valence-electron chi connectivity index (χ2n) is 8.00. The highest BCUT2D eigenvalue weighted by Gasteiger charge is 2.65. The van der Waals surface area contributed by atoms with Gasteiger partial charge in [0, 0.05) is 23.9 Å². The van der Waals surface area contributed by atoms with Gasteiger partial charge in [0.15, 0.2) is 5.78 Å². The van der Waals surface area contributed by atoms with E-state index in [1.165, 1.54) is 7.11 Å². The standard InChI is InChI=1S/C20H25N3O5/c1-23-9-7-19-11-15(24)22-18(26)21-8-3-6-20(19,27)17(23)16(25)13-5-4-12(28-2)10-14(13)19/h4-5,10,17,27H,3,6-9,11H2,1-2H3,(H2,21,22,24,26)/t17-,19-,20-/m1/s1. The maximum atomic E-state index is 13.4. The van der Waals surface area contributed by atoms with Gasteiger partial charge in [0.05, 0.1) is 12.7 Å². The molecule has 1 aromatic carbocycles. The van der Waals surface area contributed by atoms with E-state index in [9.17, 15) is 19.5 Å². The van der Waals surface area contributed by atoms with Crippen molar-refractivity contribution in [2.45, 2.75) is 42.7 Å². The van der Waals surface area contributed by atoms with Crippen molar-refractivity contribution in [2.24, 2.45) is 0 Å². The van der Waals surface area contributed by atoms with Crippen molar-refractivity contribution in [3.63, 3.8) is 0 Å². The van der Waals surface area contributed by atoms with Crippen molar-refractivity contribution in [3.05, 3.63) is 29.3 Å². The molecule has 2 aliphatic heterocycles. The molecule has 1 aromatic rings. The summed E-state index contributed by atoms with van der Waals surface area (Å²) in [5, 5.41) is 17.0. The van der Waals surface area contributed by atoms with Crippen molar-refractivity contribution in [3.8, 4) is 5.75 Å². The number of rotatable bonds is 1. The summed E-state index contributed by atoms with van der Waals surface area (Å²) in [6.45, 7) is 0.877. The summed E-state index contributed by atoms with van der Waals surface area (Å²) in [7, 11) is 3.37. The lowest BCUT2D eigenvalue weighted by Crippen LogP contribution is -2.73. The fourth-order valence-corrected chi connectivity index (χ4v) is 5.29. The van der Waals surface area contributed by atoms with Gasteiger partial charge in [-0.25, -0.2) is 4.79 Å². The van der Waals surface area contributed by atoms with Gasteiger partial charge in [-0.3, -0.25) is 19.8 Å². The van der Waals surface area contributed by atoms with Crippen molar-refractivity contribution in [2.75, 3.05) is 27.2 Å². The minimum Gasteiger partial charge on any atom is -0.497 e. The Kier molecular flexibility index (Phi) is 4.43. The van der Waals surface area contributed by atoms with Gasteiger partial charge in [0.1, 0.15) is 11.8 Å². The molecule has 4 rings (SSSR count). The van der Waals surface area contributed by atoms with Crippen LogP contribution in [0.2, 0.25) is 0 Å². The number of Topliss-reactive ketones (excluding diaryl/α,β-unsaturated/α-hetero) is 1. The number of hydrogen-bond acceptors (Lipinski definition) is 6. The second kappa shape index (κ2) is 6.56. The molecule has 2 fully saturated rings. The molecular weight excluding hydrogens is 362 g/mol. The Hall–Kier alpha value is -2.45. The SMILES string of the molecule is COc1ccc2c(c1)[C@]13CCN(C)[C@H](C2=O)[C@]1(O)CCCNC(=O)NC(=O)C3. The van der Waals surface area contributed by atoms with Crippen LogP contribution in [0.5, 0.6) is 5.75 Å². The number of nitrogens with zero attached hydrogens (tertiary/aromatic N) is 1. The molecule has 3 aliphatic rings. The zero-order chi connectivity index (χ0) is 20.1. The lowest BCUT2D eigenvalue weighted by Gasteiger charge is -2.60. The lowest BCUT2D eigenvalue weighted by atomic mass is 9.51. The largest absolute Gasteiger partial charge is 0.497 e. The summed E-state index contributed by atoms with van der Waals surface area (Å²) in [6.07, 6.45) is 1.22. The molecule has 2 bridgehead atoms. The molecule has 0 aromatic heterocycles. The van der Waals surface area contributed by atoms with E-state index in [2.05, 4.69) is 10.6 Å². The van der Waals surface area contributed by atoms with Gasteiger partial charge in [-0.1, -0.05) is 0 Å². The number of hydrogen-bond donors (Lipinski definition) is 3. The third kappa shape index (κ3) is 2.55. The van der Waals surface area contributed by atoms with E-state index in [1.807, 2.05) is 11.9 Å². The first-order chi connectivity index (χ1) is 13.3. The van der Waals surface area contributed by atoms with E-state index in [-0.39, 0.29) is 12.2 Å². The second-order valence-corrected chi connectivity index (χ2v) is 8.00. The Labute approximate surface area is 163 Å². The van der Waals surface area contributed by atoms with Crippen molar-refractivity contribution < 1.29 is 24.2 Å². The highest BCUT2D eigenvalue weighted by Crippen LogP contribution is 2.55. The van der Waals surface area contributed by atoms with Crippen LogP contribution in [0.15, 0.2) is 18.2 Å². The minimum absolute atomic E-state index is 0.0747. The van der Waals surface area contributed by atoms with E-state index < -0.39 is 29.0 Å². The zero-order valence-corrected chi connectivity index (χ0v) is 16.1. The van der Waals surface area contributed by atoms with Crippen LogP contribution < -0.4 is 15.4 Å². The fourth-order valence-electron chi connectivity index (χ4n) is 5.29. The number of fused-ring (bicyclic) bond motifs is 1. The van der Waals surface area contributed by atoms with Crippen LogP contribution in [0.3, 0.4) is 0 Å². The average molecular weight is 387 g/mol. The first-order valence-electron chi connectivity index (χ1n) is 9.55. The van der Waals surface area contributed by atoms with E-state index in [0.717, 1.165) is 0 Å². The highest BCUT2D eigenvalue weighted by molar-refractivity contribution is 6.05. The van der Waals surface area contributed by atoms with Crippen molar-refractivity contribution in [1.82, 2.24) is 15.5 Å². The molecule has 3 N–H and O–H groups in total. The summed E-state index contributed by atoms with van der Waals surface area (Å²) in [4.78, 5) is 39.9. The third-order valence-corrected chi connectivity index (χ3v) is 6.60. The average Bonchev–Trinajstić information content (AvgIpc) is 2.66. The van der Waals surface area contributed by atoms with Gasteiger partial charge < -0.3 is 15.2 Å². The van der Waals surface area contributed by atoms with Gasteiger partial charge in [0.25, 0.3) is 0 Å². The molecule has 0 unspecified atom stereocenters. The molecule has 3 atom stereocenters. The minimum atomic E-state index is -1.42.